The van der Waals surface area contributed by atoms with Crippen LogP contribution in [0.15, 0.2) is 12.1 Å². The molecule has 6 heteroatoms. The molecule has 1 aromatic carbocycles. The van der Waals surface area contributed by atoms with E-state index in [9.17, 15) is 14.7 Å². The maximum atomic E-state index is 11.7. The Hall–Kier alpha value is -2.24. The van der Waals surface area contributed by atoms with Crippen LogP contribution in [0.1, 0.15) is 148 Å². The Balaban J connectivity index is 2.92. The molecule has 0 saturated heterocycles. The van der Waals surface area contributed by atoms with Gasteiger partial charge in [0.25, 0.3) is 0 Å². The first-order valence-electron chi connectivity index (χ1n) is 15.6. The number of ether oxygens (including phenoxy) is 3. The fourth-order valence-corrected chi connectivity index (χ4v) is 5.35. The van der Waals surface area contributed by atoms with Crippen molar-refractivity contribution in [2.24, 2.45) is 0 Å². The van der Waals surface area contributed by atoms with Crippen LogP contribution < -0.4 is 4.74 Å². The fourth-order valence-electron chi connectivity index (χ4n) is 5.35. The zero-order valence-corrected chi connectivity index (χ0v) is 26.7. The smallest absolute Gasteiger partial charge is 0.305 e. The molecule has 0 saturated carbocycles. The maximum Gasteiger partial charge on any atom is 0.305 e. The summed E-state index contributed by atoms with van der Waals surface area (Å²) < 4.78 is 16.0. The molecule has 230 valence electrons. The van der Waals surface area contributed by atoms with Crippen LogP contribution >= 0.6 is 0 Å². The molecular weight excluding hydrogens is 504 g/mol. The SMILES string of the molecule is CCCCCCCCCCCCOc1cc(C(C)(C)CCCC(=O)OC)c(O)cc1C(C)(C)CCCC(=O)OC. The number of hydrogen-bond acceptors (Lipinski definition) is 6. The largest absolute Gasteiger partial charge is 0.508 e. The molecule has 40 heavy (non-hydrogen) atoms. The van der Waals surface area contributed by atoms with Gasteiger partial charge in [-0.25, -0.2) is 0 Å². The van der Waals surface area contributed by atoms with E-state index in [0.717, 1.165) is 42.6 Å². The quantitative estimate of drug-likeness (QED) is 0.112. The van der Waals surface area contributed by atoms with Crippen molar-refractivity contribution in [2.75, 3.05) is 20.8 Å². The Kier molecular flexibility index (Phi) is 17.0. The molecule has 0 aromatic heterocycles. The van der Waals surface area contributed by atoms with Gasteiger partial charge in [0.1, 0.15) is 11.5 Å². The molecule has 0 unspecified atom stereocenters. The van der Waals surface area contributed by atoms with Gasteiger partial charge in [-0.2, -0.15) is 0 Å². The number of methoxy groups -OCH3 is 2. The fraction of sp³-hybridized carbons (Fsp3) is 0.765. The van der Waals surface area contributed by atoms with Crippen molar-refractivity contribution in [3.8, 4) is 11.5 Å². The summed E-state index contributed by atoms with van der Waals surface area (Å²) >= 11 is 0. The first kappa shape index (κ1) is 35.8. The van der Waals surface area contributed by atoms with Crippen molar-refractivity contribution in [1.29, 1.82) is 0 Å². The molecular formula is C34H58O6. The summed E-state index contributed by atoms with van der Waals surface area (Å²) in [6.45, 7) is 11.3. The molecule has 0 bridgehead atoms. The Morgan fingerprint density at radius 3 is 1.60 bits per heavy atom. The van der Waals surface area contributed by atoms with Gasteiger partial charge in [0, 0.05) is 24.0 Å². The minimum Gasteiger partial charge on any atom is -0.508 e. The van der Waals surface area contributed by atoms with Gasteiger partial charge < -0.3 is 19.3 Å². The third-order valence-electron chi connectivity index (χ3n) is 8.13. The monoisotopic (exact) mass is 562 g/mol. The minimum atomic E-state index is -0.346. The van der Waals surface area contributed by atoms with Crippen molar-refractivity contribution in [3.05, 3.63) is 23.3 Å². The van der Waals surface area contributed by atoms with Crippen LogP contribution in [0.5, 0.6) is 11.5 Å². The zero-order chi connectivity index (χ0) is 30.0. The second-order valence-electron chi connectivity index (χ2n) is 12.5. The van der Waals surface area contributed by atoms with E-state index in [1.54, 1.807) is 0 Å². The average Bonchev–Trinajstić information content (AvgIpc) is 2.91. The van der Waals surface area contributed by atoms with Crippen LogP contribution in [0.25, 0.3) is 0 Å². The number of hydrogen-bond donors (Lipinski definition) is 1. The first-order chi connectivity index (χ1) is 19.0. The molecule has 0 aliphatic carbocycles. The number of phenols is 1. The standard InChI is InChI=1S/C34H58O6/c1-8-9-10-11-12-13-14-15-16-17-24-40-30-26-27(33(2,3)22-18-20-31(36)38-6)29(35)25-28(30)34(4,5)23-19-21-32(37)39-7/h25-26,35H,8-24H2,1-7H3. The van der Waals surface area contributed by atoms with E-state index in [1.165, 1.54) is 65.6 Å². The van der Waals surface area contributed by atoms with Crippen LogP contribution in [0.4, 0.5) is 0 Å². The second-order valence-corrected chi connectivity index (χ2v) is 12.5. The van der Waals surface area contributed by atoms with E-state index < -0.39 is 0 Å². The number of phenolic OH excluding ortho intramolecular Hbond substituents is 1. The van der Waals surface area contributed by atoms with E-state index in [0.29, 0.717) is 32.3 Å². The first-order valence-corrected chi connectivity index (χ1v) is 15.6. The summed E-state index contributed by atoms with van der Waals surface area (Å²) in [5, 5.41) is 11.2. The van der Waals surface area contributed by atoms with Crippen molar-refractivity contribution in [2.45, 2.75) is 148 Å². The van der Waals surface area contributed by atoms with Crippen molar-refractivity contribution < 1.29 is 28.9 Å². The van der Waals surface area contributed by atoms with Crippen molar-refractivity contribution >= 4 is 11.9 Å². The number of esters is 2. The molecule has 0 aliphatic heterocycles. The molecule has 1 N–H and O–H groups in total. The Labute approximate surface area is 244 Å². The molecule has 0 radical (unpaired) electrons. The lowest BCUT2D eigenvalue weighted by molar-refractivity contribution is -0.141. The van der Waals surface area contributed by atoms with E-state index in [4.69, 9.17) is 14.2 Å². The van der Waals surface area contributed by atoms with Crippen LogP contribution in [0.3, 0.4) is 0 Å². The predicted octanol–water partition coefficient (Wildman–Crippen LogP) is 8.93. The highest BCUT2D eigenvalue weighted by molar-refractivity contribution is 5.69. The molecule has 0 amide bonds. The molecule has 0 aliphatic rings. The molecule has 0 spiro atoms. The number of unbranched alkanes of at least 4 members (excludes halogenated alkanes) is 9. The molecule has 6 nitrogen and oxygen atoms in total. The summed E-state index contributed by atoms with van der Waals surface area (Å²) in [5.74, 6) is 0.614. The number of aromatic hydroxyl groups is 1. The number of carbonyl (C=O) groups excluding carboxylic acids is 2. The van der Waals surface area contributed by atoms with E-state index in [2.05, 4.69) is 34.6 Å². The van der Waals surface area contributed by atoms with Crippen LogP contribution in [0.2, 0.25) is 0 Å². The van der Waals surface area contributed by atoms with Gasteiger partial charge in [0.2, 0.25) is 0 Å². The van der Waals surface area contributed by atoms with E-state index >= 15 is 0 Å². The number of benzene rings is 1. The average molecular weight is 563 g/mol. The van der Waals surface area contributed by atoms with Gasteiger partial charge in [-0.05, 0) is 55.1 Å². The zero-order valence-electron chi connectivity index (χ0n) is 26.7. The van der Waals surface area contributed by atoms with E-state index in [-0.39, 0.29) is 28.5 Å². The highest BCUT2D eigenvalue weighted by atomic mass is 16.5. The topological polar surface area (TPSA) is 82.1 Å². The maximum absolute atomic E-state index is 11.7. The van der Waals surface area contributed by atoms with Gasteiger partial charge in [-0.1, -0.05) is 92.4 Å². The second kappa shape index (κ2) is 19.0. The lowest BCUT2D eigenvalue weighted by atomic mass is 9.75. The summed E-state index contributed by atoms with van der Waals surface area (Å²) in [4.78, 5) is 23.3. The van der Waals surface area contributed by atoms with Gasteiger partial charge >= 0.3 is 11.9 Å². The third-order valence-corrected chi connectivity index (χ3v) is 8.13. The Morgan fingerprint density at radius 1 is 0.675 bits per heavy atom. The van der Waals surface area contributed by atoms with E-state index in [1.807, 2.05) is 12.1 Å². The Bertz CT molecular complexity index is 873. The number of carbonyl (C=O) groups is 2. The molecule has 0 atom stereocenters. The van der Waals surface area contributed by atoms with Crippen LogP contribution in [-0.2, 0) is 29.9 Å². The van der Waals surface area contributed by atoms with Crippen LogP contribution in [0, 0.1) is 0 Å². The Morgan fingerprint density at radius 2 is 1.12 bits per heavy atom. The summed E-state index contributed by atoms with van der Waals surface area (Å²) in [7, 11) is 2.82. The molecule has 0 heterocycles. The molecule has 1 rings (SSSR count). The van der Waals surface area contributed by atoms with Crippen LogP contribution in [-0.4, -0.2) is 37.9 Å². The lowest BCUT2D eigenvalue weighted by Gasteiger charge is -2.32. The normalized spacial score (nSPS) is 11.9. The van der Waals surface area contributed by atoms with Gasteiger partial charge in [0.15, 0.2) is 0 Å². The van der Waals surface area contributed by atoms with Gasteiger partial charge in [-0.15, -0.1) is 0 Å². The predicted molar refractivity (Wildman–Crippen MR) is 163 cm³/mol. The number of rotatable bonds is 22. The van der Waals surface area contributed by atoms with Crippen molar-refractivity contribution in [1.82, 2.24) is 0 Å². The van der Waals surface area contributed by atoms with Gasteiger partial charge in [-0.3, -0.25) is 9.59 Å². The lowest BCUT2D eigenvalue weighted by Crippen LogP contribution is -2.22. The summed E-state index contributed by atoms with van der Waals surface area (Å²) in [5.41, 5.74) is 1.13. The van der Waals surface area contributed by atoms with Crippen molar-refractivity contribution in [3.63, 3.8) is 0 Å². The van der Waals surface area contributed by atoms with Gasteiger partial charge in [0.05, 0.1) is 20.8 Å². The minimum absolute atomic E-state index is 0.208. The third kappa shape index (κ3) is 13.4. The summed E-state index contributed by atoms with van der Waals surface area (Å²) in [6.07, 6.45) is 16.3. The molecule has 0 fully saturated rings. The highest BCUT2D eigenvalue weighted by Gasteiger charge is 2.31. The summed E-state index contributed by atoms with van der Waals surface area (Å²) in [6, 6.07) is 3.85. The molecule has 1 aromatic rings. The highest BCUT2D eigenvalue weighted by Crippen LogP contribution is 2.44.